The summed E-state index contributed by atoms with van der Waals surface area (Å²) >= 11 is 0. The van der Waals surface area contributed by atoms with Crippen molar-refractivity contribution >= 4 is 5.78 Å². The molecule has 0 saturated heterocycles. The normalized spacial score (nSPS) is 49.2. The molecular formula is C21H32O4. The number of hydrogen-bond acceptors (Lipinski definition) is 4. The van der Waals surface area contributed by atoms with Crippen molar-refractivity contribution in [2.24, 2.45) is 34.5 Å². The SMILES string of the molecule is C[C@]12CC[C@H](O)CC1=CCC1C2CC[C@@]2(C)C1CC[C@@H]2C(=O)C(O)O. The molecule has 3 unspecified atom stereocenters. The summed E-state index contributed by atoms with van der Waals surface area (Å²) in [5.41, 5.74) is 1.59. The Labute approximate surface area is 150 Å². The summed E-state index contributed by atoms with van der Waals surface area (Å²) in [6.45, 7) is 4.62. The zero-order chi connectivity index (χ0) is 18.0. The number of Topliss-reactive ketones (excluding diaryl/α,β-unsaturated/α-hetero) is 1. The van der Waals surface area contributed by atoms with Gasteiger partial charge in [-0.2, -0.15) is 0 Å². The molecule has 0 aliphatic heterocycles. The van der Waals surface area contributed by atoms with Crippen LogP contribution in [0.2, 0.25) is 0 Å². The summed E-state index contributed by atoms with van der Waals surface area (Å²) in [5.74, 6) is 1.16. The summed E-state index contributed by atoms with van der Waals surface area (Å²) < 4.78 is 0. The number of aliphatic hydroxyl groups is 3. The molecule has 25 heavy (non-hydrogen) atoms. The van der Waals surface area contributed by atoms with Crippen molar-refractivity contribution in [1.29, 1.82) is 0 Å². The van der Waals surface area contributed by atoms with Crippen LogP contribution < -0.4 is 0 Å². The molecule has 3 fully saturated rings. The molecule has 0 bridgehead atoms. The first-order valence-corrected chi connectivity index (χ1v) is 10.0. The van der Waals surface area contributed by atoms with Crippen LogP contribution in [0.4, 0.5) is 0 Å². The van der Waals surface area contributed by atoms with E-state index in [1.807, 2.05) is 0 Å². The molecule has 0 spiro atoms. The van der Waals surface area contributed by atoms with Crippen LogP contribution in [0.3, 0.4) is 0 Å². The number of fused-ring (bicyclic) bond motifs is 5. The van der Waals surface area contributed by atoms with Crippen molar-refractivity contribution in [3.05, 3.63) is 11.6 Å². The third-order valence-electron chi connectivity index (χ3n) is 8.68. The predicted octanol–water partition coefficient (Wildman–Crippen LogP) is 2.81. The van der Waals surface area contributed by atoms with Crippen LogP contribution in [0.25, 0.3) is 0 Å². The van der Waals surface area contributed by atoms with E-state index in [1.165, 1.54) is 5.57 Å². The van der Waals surface area contributed by atoms with Gasteiger partial charge in [0, 0.05) is 5.92 Å². The predicted molar refractivity (Wildman–Crippen MR) is 94.4 cm³/mol. The molecule has 3 N–H and O–H groups in total. The van der Waals surface area contributed by atoms with Gasteiger partial charge in [-0.1, -0.05) is 25.5 Å². The van der Waals surface area contributed by atoms with Gasteiger partial charge in [-0.05, 0) is 80.0 Å². The van der Waals surface area contributed by atoms with Crippen molar-refractivity contribution in [1.82, 2.24) is 0 Å². The minimum absolute atomic E-state index is 0.0855. The van der Waals surface area contributed by atoms with Gasteiger partial charge in [0.05, 0.1) is 6.10 Å². The molecule has 4 nitrogen and oxygen atoms in total. The molecule has 0 aromatic rings. The Bertz CT molecular complexity index is 597. The second kappa shape index (κ2) is 5.90. The maximum Gasteiger partial charge on any atom is 0.213 e. The zero-order valence-corrected chi connectivity index (χ0v) is 15.4. The molecule has 4 heteroatoms. The summed E-state index contributed by atoms with van der Waals surface area (Å²) in [5, 5.41) is 28.9. The van der Waals surface area contributed by atoms with Gasteiger partial charge >= 0.3 is 0 Å². The third kappa shape index (κ3) is 2.48. The van der Waals surface area contributed by atoms with Gasteiger partial charge < -0.3 is 15.3 Å². The Morgan fingerprint density at radius 2 is 1.88 bits per heavy atom. The molecule has 4 rings (SSSR count). The summed E-state index contributed by atoms with van der Waals surface area (Å²) in [4.78, 5) is 12.4. The average Bonchev–Trinajstić information content (AvgIpc) is 2.92. The van der Waals surface area contributed by atoms with Gasteiger partial charge in [-0.25, -0.2) is 0 Å². The fourth-order valence-electron chi connectivity index (χ4n) is 7.29. The minimum Gasteiger partial charge on any atom is -0.393 e. The van der Waals surface area contributed by atoms with E-state index in [4.69, 9.17) is 0 Å². The van der Waals surface area contributed by atoms with E-state index in [1.54, 1.807) is 0 Å². The fourth-order valence-corrected chi connectivity index (χ4v) is 7.29. The van der Waals surface area contributed by atoms with E-state index in [0.717, 1.165) is 51.4 Å². The molecule has 0 heterocycles. The van der Waals surface area contributed by atoms with E-state index in [0.29, 0.717) is 17.8 Å². The average molecular weight is 348 g/mol. The van der Waals surface area contributed by atoms with E-state index in [9.17, 15) is 20.1 Å². The lowest BCUT2D eigenvalue weighted by molar-refractivity contribution is -0.155. The molecule has 4 aliphatic carbocycles. The van der Waals surface area contributed by atoms with Crippen LogP contribution in [0.15, 0.2) is 11.6 Å². The largest absolute Gasteiger partial charge is 0.393 e. The van der Waals surface area contributed by atoms with Crippen molar-refractivity contribution < 1.29 is 20.1 Å². The van der Waals surface area contributed by atoms with Gasteiger partial charge in [0.2, 0.25) is 6.29 Å². The molecule has 4 aliphatic rings. The topological polar surface area (TPSA) is 77.8 Å². The monoisotopic (exact) mass is 348 g/mol. The van der Waals surface area contributed by atoms with E-state index < -0.39 is 6.29 Å². The number of rotatable bonds is 2. The van der Waals surface area contributed by atoms with E-state index in [-0.39, 0.29) is 28.6 Å². The Morgan fingerprint density at radius 3 is 2.60 bits per heavy atom. The Morgan fingerprint density at radius 1 is 1.12 bits per heavy atom. The lowest BCUT2D eigenvalue weighted by atomic mass is 9.47. The highest BCUT2D eigenvalue weighted by Crippen LogP contribution is 2.66. The number of aliphatic hydroxyl groups excluding tert-OH is 2. The maximum absolute atomic E-state index is 12.4. The number of hydrogen-bond donors (Lipinski definition) is 3. The zero-order valence-electron chi connectivity index (χ0n) is 15.4. The van der Waals surface area contributed by atoms with E-state index in [2.05, 4.69) is 19.9 Å². The standard InChI is InChI=1S/C21H32O4/c1-20-9-7-13(22)11-12(20)3-4-14-15-5-6-17(18(23)19(24)25)21(15,2)10-8-16(14)20/h3,13-17,19,22,24-25H,4-11H2,1-2H3/t13-,14?,15?,16?,17+,20-,21-/m0/s1. The minimum atomic E-state index is -1.83. The lowest BCUT2D eigenvalue weighted by Crippen LogP contribution is -2.51. The Hall–Kier alpha value is -0.710. The van der Waals surface area contributed by atoms with Gasteiger partial charge in [0.1, 0.15) is 0 Å². The fraction of sp³-hybridized carbons (Fsp3) is 0.857. The van der Waals surface area contributed by atoms with Gasteiger partial charge in [-0.15, -0.1) is 0 Å². The van der Waals surface area contributed by atoms with Crippen LogP contribution in [-0.2, 0) is 4.79 Å². The van der Waals surface area contributed by atoms with Crippen LogP contribution in [-0.4, -0.2) is 33.5 Å². The van der Waals surface area contributed by atoms with Gasteiger partial charge in [0.15, 0.2) is 5.78 Å². The summed E-state index contributed by atoms with van der Waals surface area (Å²) in [6.07, 6.45) is 8.21. The molecule has 0 aromatic heterocycles. The van der Waals surface area contributed by atoms with Crippen LogP contribution >= 0.6 is 0 Å². The number of ketones is 1. The number of carbonyl (C=O) groups is 1. The second-order valence-corrected chi connectivity index (χ2v) is 9.61. The maximum atomic E-state index is 12.4. The first-order chi connectivity index (χ1) is 11.8. The highest BCUT2D eigenvalue weighted by molar-refractivity contribution is 5.84. The number of allylic oxidation sites excluding steroid dienone is 1. The van der Waals surface area contributed by atoms with Crippen LogP contribution in [0.1, 0.15) is 65.2 Å². The highest BCUT2D eigenvalue weighted by Gasteiger charge is 2.60. The highest BCUT2D eigenvalue weighted by atomic mass is 16.5. The van der Waals surface area contributed by atoms with E-state index >= 15 is 0 Å². The van der Waals surface area contributed by atoms with Gasteiger partial charge in [-0.3, -0.25) is 4.79 Å². The third-order valence-corrected chi connectivity index (χ3v) is 8.68. The summed E-state index contributed by atoms with van der Waals surface area (Å²) in [7, 11) is 0. The smallest absolute Gasteiger partial charge is 0.213 e. The Balaban J connectivity index is 1.63. The van der Waals surface area contributed by atoms with Crippen molar-refractivity contribution in [2.45, 2.75) is 77.6 Å². The molecule has 7 atom stereocenters. The van der Waals surface area contributed by atoms with Gasteiger partial charge in [0.25, 0.3) is 0 Å². The molecule has 140 valence electrons. The molecule has 0 amide bonds. The van der Waals surface area contributed by atoms with Crippen molar-refractivity contribution in [3.63, 3.8) is 0 Å². The quantitative estimate of drug-likeness (QED) is 0.530. The van der Waals surface area contributed by atoms with Crippen LogP contribution in [0, 0.1) is 34.5 Å². The molecule has 0 radical (unpaired) electrons. The second-order valence-electron chi connectivity index (χ2n) is 9.61. The van der Waals surface area contributed by atoms with Crippen molar-refractivity contribution in [2.75, 3.05) is 0 Å². The Kier molecular flexibility index (Phi) is 4.17. The number of carbonyl (C=O) groups excluding carboxylic acids is 1. The molecule has 0 aromatic carbocycles. The first-order valence-electron chi connectivity index (χ1n) is 10.0. The summed E-state index contributed by atoms with van der Waals surface area (Å²) in [6, 6.07) is 0. The molecule has 3 saturated carbocycles. The molecular weight excluding hydrogens is 316 g/mol. The van der Waals surface area contributed by atoms with Crippen molar-refractivity contribution in [3.8, 4) is 0 Å². The first kappa shape index (κ1) is 17.7. The van der Waals surface area contributed by atoms with Crippen LogP contribution in [0.5, 0.6) is 0 Å². The lowest BCUT2D eigenvalue weighted by Gasteiger charge is -2.57.